The second-order valence-electron chi connectivity index (χ2n) is 6.57. The van der Waals surface area contributed by atoms with Gasteiger partial charge in [0.25, 0.3) is 0 Å². The van der Waals surface area contributed by atoms with E-state index in [9.17, 15) is 17.6 Å². The third-order valence-corrected chi connectivity index (χ3v) is 7.67. The molecular weight excluding hydrogens is 423 g/mol. The summed E-state index contributed by atoms with van der Waals surface area (Å²) >= 11 is 7.31. The molecule has 0 radical (unpaired) electrons. The zero-order valence-electron chi connectivity index (χ0n) is 15.5. The van der Waals surface area contributed by atoms with Crippen LogP contribution >= 0.6 is 23.4 Å². The molecule has 28 heavy (non-hydrogen) atoms. The highest BCUT2D eigenvalue weighted by Crippen LogP contribution is 2.32. The molecule has 1 aliphatic rings. The quantitative estimate of drug-likeness (QED) is 0.686. The largest absolute Gasteiger partial charge is 0.311 e. The Labute approximate surface area is 173 Å². The molecule has 1 amide bonds. The number of carbonyl (C=O) groups is 1. The van der Waals surface area contributed by atoms with Crippen molar-refractivity contribution in [2.24, 2.45) is 0 Å². The van der Waals surface area contributed by atoms with Gasteiger partial charge in [-0.15, -0.1) is 11.8 Å². The first-order chi connectivity index (χ1) is 13.2. The van der Waals surface area contributed by atoms with Crippen LogP contribution in [-0.4, -0.2) is 45.0 Å². The fourth-order valence-electron chi connectivity index (χ4n) is 3.00. The van der Waals surface area contributed by atoms with E-state index < -0.39 is 10.0 Å². The fraction of sp³-hybridized carbons (Fsp3) is 0.316. The Morgan fingerprint density at radius 3 is 2.71 bits per heavy atom. The maximum Gasteiger partial charge on any atom is 0.242 e. The van der Waals surface area contributed by atoms with Gasteiger partial charge in [0.2, 0.25) is 15.9 Å². The molecule has 0 spiro atoms. The van der Waals surface area contributed by atoms with Crippen LogP contribution in [-0.2, 0) is 27.0 Å². The molecule has 2 aromatic carbocycles. The molecule has 0 fully saturated rings. The zero-order valence-corrected chi connectivity index (χ0v) is 17.9. The number of fused-ring (bicyclic) bond motifs is 1. The van der Waals surface area contributed by atoms with Gasteiger partial charge >= 0.3 is 0 Å². The van der Waals surface area contributed by atoms with E-state index in [1.807, 2.05) is 0 Å². The number of thioether (sulfide) groups is 1. The van der Waals surface area contributed by atoms with E-state index in [2.05, 4.69) is 0 Å². The molecule has 0 atom stereocenters. The summed E-state index contributed by atoms with van der Waals surface area (Å²) in [6.07, 6.45) is 0.599. The molecule has 0 saturated heterocycles. The van der Waals surface area contributed by atoms with E-state index in [-0.39, 0.29) is 22.4 Å². The molecular formula is C19H20ClFN2O3S2. The molecule has 5 nitrogen and oxygen atoms in total. The minimum Gasteiger partial charge on any atom is -0.311 e. The first-order valence-corrected chi connectivity index (χ1v) is 11.6. The number of amides is 1. The van der Waals surface area contributed by atoms with Crippen LogP contribution in [0.25, 0.3) is 0 Å². The Morgan fingerprint density at radius 1 is 1.29 bits per heavy atom. The van der Waals surface area contributed by atoms with Gasteiger partial charge in [0.15, 0.2) is 0 Å². The van der Waals surface area contributed by atoms with Crippen LogP contribution < -0.4 is 4.90 Å². The lowest BCUT2D eigenvalue weighted by Crippen LogP contribution is -2.30. The van der Waals surface area contributed by atoms with Crippen molar-refractivity contribution in [1.82, 2.24) is 4.31 Å². The second kappa shape index (κ2) is 8.41. The first kappa shape index (κ1) is 21.1. The fourth-order valence-corrected chi connectivity index (χ4v) is 5.19. The van der Waals surface area contributed by atoms with Crippen molar-refractivity contribution in [3.63, 3.8) is 0 Å². The minimum absolute atomic E-state index is 0.0978. The van der Waals surface area contributed by atoms with Gasteiger partial charge in [-0.05, 0) is 42.3 Å². The summed E-state index contributed by atoms with van der Waals surface area (Å²) in [5.41, 5.74) is 1.95. The zero-order chi connectivity index (χ0) is 20.5. The lowest BCUT2D eigenvalue weighted by Gasteiger charge is -2.18. The molecule has 0 aliphatic carbocycles. The number of carbonyl (C=O) groups excluding carboxylic acids is 1. The van der Waals surface area contributed by atoms with Gasteiger partial charge in [-0.3, -0.25) is 4.79 Å². The third-order valence-electron chi connectivity index (χ3n) is 4.56. The van der Waals surface area contributed by atoms with Crippen LogP contribution in [0.15, 0.2) is 41.3 Å². The van der Waals surface area contributed by atoms with E-state index in [0.717, 1.165) is 15.6 Å². The molecule has 0 saturated carbocycles. The Bertz CT molecular complexity index is 992. The Kier molecular flexibility index (Phi) is 6.34. The van der Waals surface area contributed by atoms with Gasteiger partial charge in [-0.25, -0.2) is 17.1 Å². The average molecular weight is 443 g/mol. The van der Waals surface area contributed by atoms with Gasteiger partial charge < -0.3 is 4.90 Å². The SMILES string of the molecule is CN(C)S(=O)(=O)c1ccc2c(c1)CCN2C(=O)CSCc1c(F)cccc1Cl. The number of halogens is 2. The lowest BCUT2D eigenvalue weighted by atomic mass is 10.2. The van der Waals surface area contributed by atoms with Gasteiger partial charge in [0.1, 0.15) is 5.82 Å². The summed E-state index contributed by atoms with van der Waals surface area (Å²) in [6, 6.07) is 9.34. The van der Waals surface area contributed by atoms with Crippen molar-refractivity contribution in [1.29, 1.82) is 0 Å². The van der Waals surface area contributed by atoms with E-state index >= 15 is 0 Å². The van der Waals surface area contributed by atoms with Crippen molar-refractivity contribution < 1.29 is 17.6 Å². The Hall–Kier alpha value is -1.61. The molecule has 0 bridgehead atoms. The van der Waals surface area contributed by atoms with Crippen LogP contribution in [0.1, 0.15) is 11.1 Å². The highest BCUT2D eigenvalue weighted by molar-refractivity contribution is 7.99. The van der Waals surface area contributed by atoms with Gasteiger partial charge in [0.05, 0.1) is 10.6 Å². The number of rotatable bonds is 6. The number of nitrogens with zero attached hydrogens (tertiary/aromatic N) is 2. The highest BCUT2D eigenvalue weighted by Gasteiger charge is 2.27. The number of anilines is 1. The normalized spacial score (nSPS) is 13.8. The summed E-state index contributed by atoms with van der Waals surface area (Å²) in [5, 5.41) is 0.348. The van der Waals surface area contributed by atoms with Crippen molar-refractivity contribution in [3.8, 4) is 0 Å². The molecule has 0 unspecified atom stereocenters. The summed E-state index contributed by atoms with van der Waals surface area (Å²) < 4.78 is 39.5. The topological polar surface area (TPSA) is 57.7 Å². The summed E-state index contributed by atoms with van der Waals surface area (Å²) in [7, 11) is -0.544. The molecule has 0 N–H and O–H groups in total. The van der Waals surface area contributed by atoms with Gasteiger partial charge in [-0.2, -0.15) is 0 Å². The molecule has 150 valence electrons. The molecule has 3 rings (SSSR count). The smallest absolute Gasteiger partial charge is 0.242 e. The van der Waals surface area contributed by atoms with E-state index in [1.54, 1.807) is 29.2 Å². The van der Waals surface area contributed by atoms with Crippen LogP contribution in [0.5, 0.6) is 0 Å². The standard InChI is InChI=1S/C19H20ClFN2O3S2/c1-22(2)28(25,26)14-6-7-18-13(10-14)8-9-23(18)19(24)12-27-11-15-16(20)4-3-5-17(15)21/h3-7,10H,8-9,11-12H2,1-2H3. The second-order valence-corrected chi connectivity index (χ2v) is 10.1. The van der Waals surface area contributed by atoms with Gasteiger partial charge in [-0.1, -0.05) is 17.7 Å². The lowest BCUT2D eigenvalue weighted by molar-refractivity contribution is -0.116. The molecule has 1 aliphatic heterocycles. The van der Waals surface area contributed by atoms with Crippen LogP contribution in [0.4, 0.5) is 10.1 Å². The Morgan fingerprint density at radius 2 is 2.04 bits per heavy atom. The van der Waals surface area contributed by atoms with Gasteiger partial charge in [0, 0.05) is 42.7 Å². The van der Waals surface area contributed by atoms with Crippen LogP contribution in [0, 0.1) is 5.82 Å². The highest BCUT2D eigenvalue weighted by atomic mass is 35.5. The van der Waals surface area contributed by atoms with Crippen molar-refractivity contribution >= 4 is 45.0 Å². The average Bonchev–Trinajstić information content (AvgIpc) is 3.07. The molecule has 1 heterocycles. The van der Waals surface area contributed by atoms with Crippen molar-refractivity contribution in [2.75, 3.05) is 31.3 Å². The number of hydrogen-bond acceptors (Lipinski definition) is 4. The maximum atomic E-state index is 13.8. The molecule has 9 heteroatoms. The summed E-state index contributed by atoms with van der Waals surface area (Å²) in [6.45, 7) is 0.501. The van der Waals surface area contributed by atoms with Crippen molar-refractivity contribution in [3.05, 3.63) is 58.4 Å². The summed E-state index contributed by atoms with van der Waals surface area (Å²) in [4.78, 5) is 14.5. The molecule has 2 aromatic rings. The van der Waals surface area contributed by atoms with Crippen molar-refractivity contribution in [2.45, 2.75) is 17.1 Å². The minimum atomic E-state index is -3.51. The van der Waals surface area contributed by atoms with Crippen LogP contribution in [0.2, 0.25) is 5.02 Å². The predicted molar refractivity (Wildman–Crippen MR) is 111 cm³/mol. The summed E-state index contributed by atoms with van der Waals surface area (Å²) in [5.74, 6) is 0.00724. The number of hydrogen-bond donors (Lipinski definition) is 0. The monoisotopic (exact) mass is 442 g/mol. The maximum absolute atomic E-state index is 13.8. The first-order valence-electron chi connectivity index (χ1n) is 8.58. The Balaban J connectivity index is 1.68. The van der Waals surface area contributed by atoms with E-state index in [1.165, 1.54) is 38.0 Å². The van der Waals surface area contributed by atoms with E-state index in [0.29, 0.717) is 29.3 Å². The number of sulfonamides is 1. The van der Waals surface area contributed by atoms with E-state index in [4.69, 9.17) is 11.6 Å². The third kappa shape index (κ3) is 4.20. The molecule has 0 aromatic heterocycles. The van der Waals surface area contributed by atoms with Crippen LogP contribution in [0.3, 0.4) is 0 Å². The number of benzene rings is 2. The predicted octanol–water partition coefficient (Wildman–Crippen LogP) is 3.55.